The number of hydrogen-bond donors (Lipinski definition) is 1. The van der Waals surface area contributed by atoms with Crippen molar-refractivity contribution in [3.8, 4) is 0 Å². The van der Waals surface area contributed by atoms with Crippen LogP contribution in [0.1, 0.15) is 34.1 Å². The van der Waals surface area contributed by atoms with E-state index in [9.17, 15) is 4.79 Å². The van der Waals surface area contributed by atoms with E-state index in [2.05, 4.69) is 20.8 Å². The fourth-order valence-electron chi connectivity index (χ4n) is 1.90. The Hall–Kier alpha value is -0.300. The van der Waals surface area contributed by atoms with E-state index in [1.807, 2.05) is 0 Å². The number of rotatable bonds is 8. The number of carbonyl (C=O) groups excluding carboxylic acids is 1. The van der Waals surface area contributed by atoms with Crippen molar-refractivity contribution < 1.29 is 43.1 Å². The van der Waals surface area contributed by atoms with E-state index in [1.54, 1.807) is 6.92 Å². The molecule has 0 bridgehead atoms. The zero-order chi connectivity index (χ0) is 13.3. The first-order valence-electron chi connectivity index (χ1n) is 6.42. The maximum absolute atomic E-state index is 11.2. The molecule has 0 rings (SSSR count). The number of allylic oxidation sites excluding steroid dienone is 1. The van der Waals surface area contributed by atoms with Crippen molar-refractivity contribution >= 4 is 5.97 Å². The topological polar surface area (TPSA) is 46.5 Å². The largest absolute Gasteiger partial charge is 1.00 e. The second-order valence-electron chi connectivity index (χ2n) is 4.18. The van der Waals surface area contributed by atoms with E-state index in [4.69, 9.17) is 9.84 Å². The van der Waals surface area contributed by atoms with Crippen LogP contribution in [0.5, 0.6) is 0 Å². The van der Waals surface area contributed by atoms with Crippen LogP contribution in [0.25, 0.3) is 0 Å². The summed E-state index contributed by atoms with van der Waals surface area (Å²) >= 11 is 0. The molecule has 0 amide bonds. The minimum absolute atomic E-state index is 0. The van der Waals surface area contributed by atoms with Crippen LogP contribution in [0, 0.1) is 0 Å². The highest BCUT2D eigenvalue weighted by Gasteiger charge is 2.20. The van der Waals surface area contributed by atoms with Gasteiger partial charge >= 0.3 is 5.97 Å². The Morgan fingerprint density at radius 3 is 2.11 bits per heavy atom. The Balaban J connectivity index is 0. The number of halogens is 1. The zero-order valence-corrected chi connectivity index (χ0v) is 14.1. The van der Waals surface area contributed by atoms with Crippen molar-refractivity contribution in [2.75, 3.05) is 32.8 Å². The van der Waals surface area contributed by atoms with Crippen molar-refractivity contribution in [3.05, 3.63) is 11.8 Å². The normalized spacial score (nSPS) is 11.9. The van der Waals surface area contributed by atoms with Crippen LogP contribution < -0.4 is 24.0 Å². The second kappa shape index (κ2) is 10.6. The second-order valence-corrected chi connectivity index (χ2v) is 4.18. The molecule has 0 unspecified atom stereocenters. The molecule has 0 radical (unpaired) electrons. The minimum atomic E-state index is -0.630. The molecular formula is C13H26INO3. The monoisotopic (exact) mass is 371 g/mol. The molecule has 0 spiro atoms. The van der Waals surface area contributed by atoms with Gasteiger partial charge in [-0.2, -0.15) is 0 Å². The van der Waals surface area contributed by atoms with E-state index in [-0.39, 0.29) is 29.7 Å². The molecule has 5 heteroatoms. The maximum Gasteiger partial charge on any atom is 0.373 e. The Kier molecular flexibility index (Phi) is 11.8. The van der Waals surface area contributed by atoms with Crippen molar-refractivity contribution in [2.24, 2.45) is 0 Å². The predicted octanol–water partition coefficient (Wildman–Crippen LogP) is -0.738. The molecule has 0 heterocycles. The molecule has 1 N–H and O–H groups in total. The Morgan fingerprint density at radius 2 is 1.72 bits per heavy atom. The van der Waals surface area contributed by atoms with Gasteiger partial charge in [0, 0.05) is 6.42 Å². The molecule has 0 aromatic rings. The third-order valence-electron chi connectivity index (χ3n) is 3.50. The van der Waals surface area contributed by atoms with Crippen molar-refractivity contribution in [1.82, 2.24) is 0 Å². The van der Waals surface area contributed by atoms with Gasteiger partial charge in [-0.05, 0) is 33.8 Å². The molecule has 0 aromatic carbocycles. The Bertz CT molecular complexity index is 255. The number of quaternary nitrogens is 1. The van der Waals surface area contributed by atoms with Gasteiger partial charge in [0.1, 0.15) is 0 Å². The third-order valence-corrected chi connectivity index (χ3v) is 3.50. The van der Waals surface area contributed by atoms with Gasteiger partial charge in [-0.1, -0.05) is 0 Å². The average molecular weight is 371 g/mol. The van der Waals surface area contributed by atoms with Gasteiger partial charge in [0.05, 0.1) is 32.8 Å². The highest BCUT2D eigenvalue weighted by Crippen LogP contribution is 2.07. The Morgan fingerprint density at radius 1 is 1.22 bits per heavy atom. The lowest BCUT2D eigenvalue weighted by atomic mass is 10.3. The first kappa shape index (κ1) is 20.0. The summed E-state index contributed by atoms with van der Waals surface area (Å²) in [6.45, 7) is 12.8. The fraction of sp³-hybridized carbons (Fsp3) is 0.769. The third kappa shape index (κ3) is 6.58. The minimum Gasteiger partial charge on any atom is -1.00 e. The molecule has 0 aliphatic carbocycles. The van der Waals surface area contributed by atoms with Crippen LogP contribution in [0.4, 0.5) is 0 Å². The van der Waals surface area contributed by atoms with Gasteiger partial charge in [-0.3, -0.25) is 0 Å². The summed E-state index contributed by atoms with van der Waals surface area (Å²) in [6, 6.07) is 0. The summed E-state index contributed by atoms with van der Waals surface area (Å²) in [6.07, 6.45) is 2.17. The van der Waals surface area contributed by atoms with E-state index < -0.39 is 5.97 Å². The molecule has 0 aromatic heterocycles. The molecular weight excluding hydrogens is 345 g/mol. The van der Waals surface area contributed by atoms with Crippen molar-refractivity contribution in [2.45, 2.75) is 34.1 Å². The molecule has 0 fully saturated rings. The number of aliphatic hydroxyl groups excluding tert-OH is 1. The summed E-state index contributed by atoms with van der Waals surface area (Å²) in [5, 5.41) is 9.11. The lowest BCUT2D eigenvalue weighted by molar-refractivity contribution is -0.923. The Labute approximate surface area is 128 Å². The molecule has 0 aliphatic heterocycles. The lowest BCUT2D eigenvalue weighted by Crippen LogP contribution is -3.00. The molecule has 0 atom stereocenters. The van der Waals surface area contributed by atoms with E-state index in [0.717, 1.165) is 37.1 Å². The molecule has 0 saturated heterocycles. The molecule has 4 nitrogen and oxygen atoms in total. The number of nitrogens with zero attached hydrogens (tertiary/aromatic N) is 1. The summed E-state index contributed by atoms with van der Waals surface area (Å²) in [4.78, 5) is 11.2. The van der Waals surface area contributed by atoms with Crippen LogP contribution in [0.3, 0.4) is 0 Å². The zero-order valence-electron chi connectivity index (χ0n) is 11.9. The van der Waals surface area contributed by atoms with Gasteiger partial charge in [-0.25, -0.2) is 4.79 Å². The number of carbonyl (C=O) groups is 1. The number of esters is 1. The molecule has 108 valence electrons. The van der Waals surface area contributed by atoms with Crippen LogP contribution in [-0.2, 0) is 9.53 Å². The molecule has 0 saturated carbocycles. The maximum atomic E-state index is 11.2. The summed E-state index contributed by atoms with van der Waals surface area (Å²) in [5.74, 6) is -0.942. The van der Waals surface area contributed by atoms with Crippen LogP contribution >= 0.6 is 0 Å². The van der Waals surface area contributed by atoms with Crippen molar-refractivity contribution in [1.29, 1.82) is 0 Å². The number of ether oxygens (including phenoxy) is 1. The molecule has 0 aliphatic rings. The summed E-state index contributed by atoms with van der Waals surface area (Å²) in [7, 11) is 0. The van der Waals surface area contributed by atoms with E-state index in [1.165, 1.54) is 6.08 Å². The van der Waals surface area contributed by atoms with Crippen LogP contribution in [0.2, 0.25) is 0 Å². The summed E-state index contributed by atoms with van der Waals surface area (Å²) in [5.41, 5.74) is 0. The first-order valence-corrected chi connectivity index (χ1v) is 6.42. The highest BCUT2D eigenvalue weighted by molar-refractivity contribution is 5.85. The van der Waals surface area contributed by atoms with Gasteiger partial charge in [-0.15, -0.1) is 0 Å². The lowest BCUT2D eigenvalue weighted by Gasteiger charge is -2.35. The first-order chi connectivity index (χ1) is 8.05. The van der Waals surface area contributed by atoms with Crippen LogP contribution in [0.15, 0.2) is 11.8 Å². The predicted molar refractivity (Wildman–Crippen MR) is 68.7 cm³/mol. The number of aliphatic hydroxyl groups is 1. The standard InChI is InChI=1S/C13H25NO3.HI/c1-5-12(15)13(16)17-11-9-10-14(6-2,7-3)8-4;/h5H,6-11H2,1-4H3;1H. The number of hydrogen-bond acceptors (Lipinski definition) is 3. The highest BCUT2D eigenvalue weighted by atomic mass is 127. The van der Waals surface area contributed by atoms with E-state index in [0.29, 0.717) is 6.61 Å². The molecule has 18 heavy (non-hydrogen) atoms. The SMILES string of the molecule is CC=C(O)C(=O)OCCC[N+](CC)(CC)CC.[I-]. The van der Waals surface area contributed by atoms with Gasteiger partial charge in [0.2, 0.25) is 0 Å². The average Bonchev–Trinajstić information content (AvgIpc) is 2.38. The van der Waals surface area contributed by atoms with E-state index >= 15 is 0 Å². The quantitative estimate of drug-likeness (QED) is 0.153. The van der Waals surface area contributed by atoms with Gasteiger partial charge in [0.15, 0.2) is 5.76 Å². The fourth-order valence-corrected chi connectivity index (χ4v) is 1.90. The smallest absolute Gasteiger partial charge is 0.373 e. The van der Waals surface area contributed by atoms with Gasteiger partial charge in [0.25, 0.3) is 0 Å². The van der Waals surface area contributed by atoms with Crippen molar-refractivity contribution in [3.63, 3.8) is 0 Å². The van der Waals surface area contributed by atoms with Crippen LogP contribution in [-0.4, -0.2) is 48.3 Å². The van der Waals surface area contributed by atoms with Gasteiger partial charge < -0.3 is 38.3 Å². The summed E-state index contributed by atoms with van der Waals surface area (Å²) < 4.78 is 6.01.